The molecule has 2 unspecified atom stereocenters. The van der Waals surface area contributed by atoms with Gasteiger partial charge in [0.05, 0.1) is 22.3 Å². The molecule has 89 heavy (non-hydrogen) atoms. The third-order valence-corrected chi connectivity index (χ3v) is 24.0. The van der Waals surface area contributed by atoms with Gasteiger partial charge in [-0.05, 0) is 217 Å². The Balaban J connectivity index is 1.15. The Morgan fingerprint density at radius 3 is 1.61 bits per heavy atom. The fourth-order valence-electron chi connectivity index (χ4n) is 17.9. The topological polar surface area (TPSA) is 22.9 Å². The Morgan fingerprint density at radius 1 is 0.404 bits per heavy atom. The molecular formula is C84H96BN3O. The molecule has 4 heterocycles. The lowest BCUT2D eigenvalue weighted by molar-refractivity contribution is 0.195. The van der Waals surface area contributed by atoms with E-state index >= 15 is 0 Å². The molecule has 5 heteroatoms. The standard InChI is InChI=1S/C84H96BN3O/c1-76(2,3)52-27-33-66(57(43-52)51-25-21-20-22-26-51)87-70-48-56(88-67-34-28-54(78(7,8)9)45-63(67)83(18)37-23-24-38-84(83,88)19)47-69-74(70)85(64-32-36-72-73(75(64)87)58-44-53(77(4,5)6)29-35-71(58)89-72)65-49-61-62(82(16,17)42-41-81(61,14)15)50-68(65)86(69)55-30-31-59-60(46-55)80(12,13)40-39-79(59,10)11/h20-22,25-36,43-50H,23-24,37-42H2,1-19H3. The van der Waals surface area contributed by atoms with Crippen LogP contribution in [0.15, 0.2) is 144 Å². The summed E-state index contributed by atoms with van der Waals surface area (Å²) in [6.07, 6.45) is 9.29. The molecule has 1 saturated carbocycles. The first kappa shape index (κ1) is 58.4. The van der Waals surface area contributed by atoms with E-state index in [2.05, 4.69) is 286 Å². The van der Waals surface area contributed by atoms with Crippen molar-refractivity contribution in [2.75, 3.05) is 14.7 Å². The summed E-state index contributed by atoms with van der Waals surface area (Å²) in [7, 11) is 0. The maximum absolute atomic E-state index is 7.21. The van der Waals surface area contributed by atoms with Crippen molar-refractivity contribution in [1.29, 1.82) is 0 Å². The van der Waals surface area contributed by atoms with E-state index in [0.29, 0.717) is 0 Å². The highest BCUT2D eigenvalue weighted by molar-refractivity contribution is 7.00. The lowest BCUT2D eigenvalue weighted by Gasteiger charge is -2.51. The molecule has 456 valence electrons. The molecule has 15 rings (SSSR count). The van der Waals surface area contributed by atoms with Crippen LogP contribution >= 0.6 is 0 Å². The maximum atomic E-state index is 7.21. The van der Waals surface area contributed by atoms with Crippen molar-refractivity contribution in [3.8, 4) is 11.1 Å². The van der Waals surface area contributed by atoms with Crippen molar-refractivity contribution in [2.45, 2.75) is 232 Å². The van der Waals surface area contributed by atoms with Gasteiger partial charge in [0.2, 0.25) is 0 Å². The predicted octanol–water partition coefficient (Wildman–Crippen LogP) is 21.7. The number of anilines is 8. The van der Waals surface area contributed by atoms with Crippen molar-refractivity contribution in [1.82, 2.24) is 0 Å². The van der Waals surface area contributed by atoms with Crippen LogP contribution in [-0.4, -0.2) is 12.3 Å². The van der Waals surface area contributed by atoms with Gasteiger partial charge in [0.25, 0.3) is 6.71 Å². The zero-order chi connectivity index (χ0) is 62.9. The SMILES string of the molecule is CC(C)(C)c1ccc(N2c3cc(N4c5ccc(C(C)(C)C)cc5C5(C)CCCCC45C)cc4c3B(c3cc5c(cc3N4c3ccc4c(c3)C(C)(C)CCC4(C)C)C(C)(C)CCC5(C)C)c3ccc4oc5ccc(C(C)(C)C)cc5c4c32)c(-c2ccccc2)c1. The predicted molar refractivity (Wildman–Crippen MR) is 383 cm³/mol. The van der Waals surface area contributed by atoms with E-state index in [1.807, 2.05) is 0 Å². The molecule has 8 aromatic carbocycles. The van der Waals surface area contributed by atoms with Crippen LogP contribution in [0.25, 0.3) is 33.1 Å². The van der Waals surface area contributed by atoms with E-state index in [4.69, 9.17) is 4.42 Å². The normalized spacial score (nSPS) is 21.9. The summed E-state index contributed by atoms with van der Waals surface area (Å²) >= 11 is 0. The molecule has 0 spiro atoms. The quantitative estimate of drug-likeness (QED) is 0.164. The molecule has 0 radical (unpaired) electrons. The highest BCUT2D eigenvalue weighted by atomic mass is 16.3. The number of rotatable bonds is 4. The minimum atomic E-state index is -0.212. The molecule has 3 aliphatic heterocycles. The van der Waals surface area contributed by atoms with Crippen molar-refractivity contribution in [2.24, 2.45) is 0 Å². The van der Waals surface area contributed by atoms with E-state index in [0.717, 1.165) is 43.3 Å². The Morgan fingerprint density at radius 2 is 0.955 bits per heavy atom. The summed E-state index contributed by atoms with van der Waals surface area (Å²) in [5.74, 6) is 0. The van der Waals surface area contributed by atoms with E-state index in [9.17, 15) is 0 Å². The summed E-state index contributed by atoms with van der Waals surface area (Å²) in [6.45, 7) is 46.4. The summed E-state index contributed by atoms with van der Waals surface area (Å²) in [5.41, 5.74) is 29.4. The monoisotopic (exact) mass is 1170 g/mol. The number of hydrogen-bond acceptors (Lipinski definition) is 4. The molecule has 6 aliphatic rings. The van der Waals surface area contributed by atoms with Gasteiger partial charge >= 0.3 is 0 Å². The van der Waals surface area contributed by atoms with Gasteiger partial charge in [-0.3, -0.25) is 0 Å². The zero-order valence-electron chi connectivity index (χ0n) is 57.3. The lowest BCUT2D eigenvalue weighted by atomic mass is 9.33. The highest BCUT2D eigenvalue weighted by Crippen LogP contribution is 2.63. The number of benzene rings is 8. The second-order valence-electron chi connectivity index (χ2n) is 34.6. The van der Waals surface area contributed by atoms with Crippen molar-refractivity contribution in [3.05, 3.63) is 184 Å². The van der Waals surface area contributed by atoms with E-state index in [-0.39, 0.29) is 55.6 Å². The zero-order valence-corrected chi connectivity index (χ0v) is 57.3. The lowest BCUT2D eigenvalue weighted by Crippen LogP contribution is -2.62. The molecule has 9 aromatic rings. The van der Waals surface area contributed by atoms with Gasteiger partial charge in [-0.1, -0.05) is 210 Å². The van der Waals surface area contributed by atoms with Gasteiger partial charge < -0.3 is 19.1 Å². The van der Waals surface area contributed by atoms with Crippen LogP contribution in [0.3, 0.4) is 0 Å². The summed E-state index contributed by atoms with van der Waals surface area (Å²) < 4.78 is 7.21. The van der Waals surface area contributed by atoms with Crippen LogP contribution < -0.4 is 31.1 Å². The molecule has 0 amide bonds. The van der Waals surface area contributed by atoms with Crippen molar-refractivity contribution >= 4 is 90.5 Å². The van der Waals surface area contributed by atoms with Crippen LogP contribution in [0.4, 0.5) is 45.5 Å². The molecule has 0 saturated heterocycles. The maximum Gasteiger partial charge on any atom is 0.252 e. The van der Waals surface area contributed by atoms with Crippen LogP contribution in [-0.2, 0) is 43.3 Å². The highest BCUT2D eigenvalue weighted by Gasteiger charge is 2.59. The van der Waals surface area contributed by atoms with Gasteiger partial charge in [0.15, 0.2) is 0 Å². The van der Waals surface area contributed by atoms with Crippen LogP contribution in [0, 0.1) is 0 Å². The molecular weight excluding hydrogens is 1080 g/mol. The summed E-state index contributed by atoms with van der Waals surface area (Å²) in [4.78, 5) is 8.43. The Labute approximate surface area is 533 Å². The second kappa shape index (κ2) is 18.8. The Hall–Kier alpha value is -6.98. The van der Waals surface area contributed by atoms with Crippen LogP contribution in [0.5, 0.6) is 0 Å². The van der Waals surface area contributed by atoms with E-state index in [1.165, 1.54) is 148 Å². The second-order valence-corrected chi connectivity index (χ2v) is 34.6. The van der Waals surface area contributed by atoms with Gasteiger partial charge in [0.1, 0.15) is 11.2 Å². The smallest absolute Gasteiger partial charge is 0.252 e. The third-order valence-electron chi connectivity index (χ3n) is 24.0. The van der Waals surface area contributed by atoms with Crippen LogP contribution in [0.1, 0.15) is 227 Å². The third kappa shape index (κ3) is 8.50. The Kier molecular flexibility index (Phi) is 12.4. The van der Waals surface area contributed by atoms with Crippen molar-refractivity contribution in [3.63, 3.8) is 0 Å². The molecule has 0 bridgehead atoms. The molecule has 4 nitrogen and oxygen atoms in total. The number of furan rings is 1. The fraction of sp³-hybridized carbons (Fsp3) is 0.429. The molecule has 1 fully saturated rings. The van der Waals surface area contributed by atoms with Gasteiger partial charge in [-0.2, -0.15) is 0 Å². The van der Waals surface area contributed by atoms with Gasteiger partial charge in [-0.25, -0.2) is 0 Å². The first-order valence-corrected chi connectivity index (χ1v) is 34.0. The van der Waals surface area contributed by atoms with E-state index in [1.54, 1.807) is 0 Å². The largest absolute Gasteiger partial charge is 0.456 e. The van der Waals surface area contributed by atoms with E-state index < -0.39 is 0 Å². The summed E-state index contributed by atoms with van der Waals surface area (Å²) in [5, 5.41) is 2.34. The minimum Gasteiger partial charge on any atom is -0.456 e. The minimum absolute atomic E-state index is 0.00471. The van der Waals surface area contributed by atoms with Crippen molar-refractivity contribution < 1.29 is 4.42 Å². The molecule has 2 atom stereocenters. The number of hydrogen-bond donors (Lipinski definition) is 0. The van der Waals surface area contributed by atoms with Gasteiger partial charge in [0, 0.05) is 50.5 Å². The van der Waals surface area contributed by atoms with Crippen LogP contribution in [0.2, 0.25) is 0 Å². The molecule has 1 aromatic heterocycles. The average molecular weight is 1170 g/mol. The Bertz CT molecular complexity index is 4450. The first-order valence-electron chi connectivity index (χ1n) is 34.0. The first-order chi connectivity index (χ1) is 41.7. The fourth-order valence-corrected chi connectivity index (χ4v) is 17.9. The molecule has 3 aliphatic carbocycles. The molecule has 0 N–H and O–H groups in total. The van der Waals surface area contributed by atoms with Gasteiger partial charge in [-0.15, -0.1) is 0 Å². The number of fused-ring (bicyclic) bond motifs is 13. The average Bonchev–Trinajstić information content (AvgIpc) is 1.67. The summed E-state index contributed by atoms with van der Waals surface area (Å²) in [6, 6.07) is 56.6. The number of nitrogens with zero attached hydrogens (tertiary/aromatic N) is 3.